The summed E-state index contributed by atoms with van der Waals surface area (Å²) in [5.74, 6) is 0.969. The second-order valence-corrected chi connectivity index (χ2v) is 12.7. The van der Waals surface area contributed by atoms with Crippen LogP contribution in [-0.4, -0.2) is 117 Å². The molecule has 4 heterocycles. The van der Waals surface area contributed by atoms with Crippen molar-refractivity contribution in [1.29, 1.82) is 5.41 Å². The highest BCUT2D eigenvalue weighted by molar-refractivity contribution is 6.10. The highest BCUT2D eigenvalue weighted by Crippen LogP contribution is 2.42. The van der Waals surface area contributed by atoms with Gasteiger partial charge in [-0.05, 0) is 69.6 Å². The smallest absolute Gasteiger partial charge is 0.236 e. The molecule has 1 spiro atoms. The number of carbonyl (C=O) groups is 2. The second kappa shape index (κ2) is 14.8. The molecule has 14 heteroatoms. The van der Waals surface area contributed by atoms with Crippen LogP contribution in [0.5, 0.6) is 0 Å². The number of nitrogens with two attached hydrogens (primary N) is 3. The first-order chi connectivity index (χ1) is 23.0. The number of hydrogen-bond acceptors (Lipinski definition) is 10. The van der Waals surface area contributed by atoms with Gasteiger partial charge >= 0.3 is 0 Å². The first-order valence-electron chi connectivity index (χ1n) is 16.3. The van der Waals surface area contributed by atoms with E-state index in [4.69, 9.17) is 22.6 Å². The monoisotopic (exact) mass is 654 g/mol. The first-order valence-corrected chi connectivity index (χ1v) is 16.3. The molecule has 0 saturated carbocycles. The minimum atomic E-state index is -0.558. The number of hydrogen-bond donors (Lipinski definition) is 4. The molecule has 0 aliphatic carbocycles. The van der Waals surface area contributed by atoms with Crippen LogP contribution in [0.2, 0.25) is 0 Å². The van der Waals surface area contributed by atoms with Crippen LogP contribution in [-0.2, 0) is 9.59 Å². The van der Waals surface area contributed by atoms with E-state index in [-0.39, 0.29) is 23.6 Å². The molecule has 0 radical (unpaired) electrons. The van der Waals surface area contributed by atoms with Gasteiger partial charge in [-0.3, -0.25) is 29.4 Å². The Morgan fingerprint density at radius 3 is 2.42 bits per heavy atom. The predicted molar refractivity (Wildman–Crippen MR) is 193 cm³/mol. The molecule has 3 aliphatic rings. The Labute approximate surface area is 281 Å². The number of anilines is 3. The molecule has 3 fully saturated rings. The molecule has 1 atom stereocenters. The summed E-state index contributed by atoms with van der Waals surface area (Å²) in [5.41, 5.74) is 21.3. The highest BCUT2D eigenvalue weighted by Gasteiger charge is 2.51. The molecule has 1 aromatic carbocycles. The zero-order valence-corrected chi connectivity index (χ0v) is 28.0. The van der Waals surface area contributed by atoms with Crippen LogP contribution in [0, 0.1) is 10.8 Å². The van der Waals surface area contributed by atoms with Crippen molar-refractivity contribution in [1.82, 2.24) is 14.8 Å². The van der Waals surface area contributed by atoms with Gasteiger partial charge in [-0.2, -0.15) is 0 Å². The van der Waals surface area contributed by atoms with Crippen molar-refractivity contribution in [3.8, 4) is 0 Å². The van der Waals surface area contributed by atoms with Crippen molar-refractivity contribution in [2.45, 2.75) is 32.7 Å². The number of nitrogens with one attached hydrogen (secondary N) is 1. The first kappa shape index (κ1) is 34.2. The molecular formula is C34H46N12O2. The molecule has 2 amide bonds. The molecular weight excluding hydrogens is 608 g/mol. The number of amidine groups is 1. The number of aliphatic imine (C=N–C) groups is 3. The Morgan fingerprint density at radius 1 is 1.04 bits per heavy atom. The number of pyridine rings is 1. The molecule has 254 valence electrons. The zero-order valence-electron chi connectivity index (χ0n) is 28.0. The van der Waals surface area contributed by atoms with Crippen molar-refractivity contribution < 1.29 is 9.59 Å². The summed E-state index contributed by atoms with van der Waals surface area (Å²) in [5, 5.41) is 7.80. The van der Waals surface area contributed by atoms with E-state index in [1.165, 1.54) is 6.34 Å². The molecule has 0 bridgehead atoms. The summed E-state index contributed by atoms with van der Waals surface area (Å²) < 4.78 is 0. The van der Waals surface area contributed by atoms with Crippen LogP contribution in [0.25, 0.3) is 5.70 Å². The van der Waals surface area contributed by atoms with Crippen LogP contribution >= 0.6 is 0 Å². The van der Waals surface area contributed by atoms with Crippen molar-refractivity contribution in [2.75, 3.05) is 74.9 Å². The van der Waals surface area contributed by atoms with Gasteiger partial charge in [-0.1, -0.05) is 0 Å². The average Bonchev–Trinajstić information content (AvgIpc) is 3.65. The van der Waals surface area contributed by atoms with Gasteiger partial charge in [0.25, 0.3) is 0 Å². The third-order valence-electron chi connectivity index (χ3n) is 9.20. The Kier molecular flexibility index (Phi) is 10.5. The summed E-state index contributed by atoms with van der Waals surface area (Å²) in [6.07, 6.45) is 5.46. The molecule has 14 nitrogen and oxygen atoms in total. The Balaban J connectivity index is 1.17. The molecule has 7 N–H and O–H groups in total. The molecule has 3 saturated heterocycles. The lowest BCUT2D eigenvalue weighted by Crippen LogP contribution is -2.51. The lowest BCUT2D eigenvalue weighted by Gasteiger charge is -2.37. The standard InChI is InChI=1S/C34H46N12O2/c1-23(2)40-19-25(18-35)30(37)31-27(36)8-9-28(42-31)46-13-11-34(33(46)48)10-12-43(21-34)20-29(47)45-16-14-44(15-17-45)26-6-4-24(5-7-26)32(38)41-22-39-3/h4-9,18-19,22-23,35H,10-17,20-21,36-37H2,1-3H3,(H2,38,39,41)/b30-25+,35-18?,40-19?/t34-/m0/s1. The number of rotatable bonds is 10. The van der Waals surface area contributed by atoms with E-state index in [9.17, 15) is 9.59 Å². The van der Waals surface area contributed by atoms with Crippen molar-refractivity contribution in [3.63, 3.8) is 0 Å². The van der Waals surface area contributed by atoms with E-state index >= 15 is 0 Å². The van der Waals surface area contributed by atoms with Gasteiger partial charge in [-0.15, -0.1) is 0 Å². The molecule has 1 aromatic heterocycles. The number of benzene rings is 1. The summed E-state index contributed by atoms with van der Waals surface area (Å²) >= 11 is 0. The summed E-state index contributed by atoms with van der Waals surface area (Å²) in [6, 6.07) is 11.4. The van der Waals surface area contributed by atoms with Gasteiger partial charge in [0.05, 0.1) is 23.3 Å². The summed E-state index contributed by atoms with van der Waals surface area (Å²) in [7, 11) is 1.64. The Morgan fingerprint density at radius 2 is 1.75 bits per heavy atom. The zero-order chi connectivity index (χ0) is 34.4. The molecule has 2 aromatic rings. The predicted octanol–water partition coefficient (Wildman–Crippen LogP) is 1.60. The van der Waals surface area contributed by atoms with Crippen LogP contribution in [0.3, 0.4) is 0 Å². The number of amides is 2. The number of likely N-dealkylation sites (tertiary alicyclic amines) is 1. The van der Waals surface area contributed by atoms with E-state index in [1.54, 1.807) is 30.3 Å². The molecule has 0 unspecified atom stereocenters. The van der Waals surface area contributed by atoms with Gasteiger partial charge < -0.3 is 32.4 Å². The maximum absolute atomic E-state index is 13.9. The van der Waals surface area contributed by atoms with E-state index in [0.717, 1.165) is 30.6 Å². The van der Waals surface area contributed by atoms with Crippen molar-refractivity contribution in [2.24, 2.45) is 31.9 Å². The van der Waals surface area contributed by atoms with Gasteiger partial charge in [0.15, 0.2) is 0 Å². The summed E-state index contributed by atoms with van der Waals surface area (Å²) in [4.78, 5) is 52.1. The number of aromatic nitrogens is 1. The number of nitrogens with zero attached hydrogens (tertiary/aromatic N) is 8. The second-order valence-electron chi connectivity index (χ2n) is 12.7. The van der Waals surface area contributed by atoms with E-state index < -0.39 is 5.41 Å². The fourth-order valence-electron chi connectivity index (χ4n) is 6.43. The minimum Gasteiger partial charge on any atom is -0.397 e. The lowest BCUT2D eigenvalue weighted by molar-refractivity contribution is -0.133. The van der Waals surface area contributed by atoms with E-state index in [0.29, 0.717) is 80.7 Å². The molecule has 3 aliphatic heterocycles. The SMILES string of the molecule is CN=CN=C(N)c1ccc(N2CCN(C(=O)CN3CC[C@]4(CCN(c5ccc(N)c(/C(N)=C(/C=N)C=NC(C)C)n5)C4=O)C3)CC2)cc1. The van der Waals surface area contributed by atoms with Crippen LogP contribution in [0.4, 0.5) is 17.2 Å². The van der Waals surface area contributed by atoms with E-state index in [1.807, 2.05) is 43.0 Å². The van der Waals surface area contributed by atoms with Gasteiger partial charge in [0.1, 0.15) is 23.7 Å². The fraction of sp³-hybridized carbons (Fsp3) is 0.441. The summed E-state index contributed by atoms with van der Waals surface area (Å²) in [6.45, 7) is 8.61. The van der Waals surface area contributed by atoms with Crippen molar-refractivity contribution >= 4 is 59.3 Å². The van der Waals surface area contributed by atoms with Gasteiger partial charge in [0, 0.05) is 81.6 Å². The third kappa shape index (κ3) is 7.38. The number of nitrogen functional groups attached to an aromatic ring is 1. The van der Waals surface area contributed by atoms with Crippen LogP contribution in [0.15, 0.2) is 56.9 Å². The fourth-order valence-corrected chi connectivity index (χ4v) is 6.43. The topological polar surface area (TPSA) is 199 Å². The van der Waals surface area contributed by atoms with E-state index in [2.05, 4.69) is 29.8 Å². The molecule has 48 heavy (non-hydrogen) atoms. The van der Waals surface area contributed by atoms with Gasteiger partial charge in [0.2, 0.25) is 11.8 Å². The maximum Gasteiger partial charge on any atom is 0.236 e. The number of allylic oxidation sites excluding steroid dienone is 1. The molecule has 5 rings (SSSR count). The Bertz CT molecular complexity index is 1640. The number of carbonyl (C=O) groups excluding carboxylic acids is 2. The minimum absolute atomic E-state index is 0.00280. The normalized spacial score (nSPS) is 21.4. The van der Waals surface area contributed by atoms with Crippen molar-refractivity contribution in [3.05, 3.63) is 53.2 Å². The highest BCUT2D eigenvalue weighted by atomic mass is 16.2. The largest absolute Gasteiger partial charge is 0.397 e. The third-order valence-corrected chi connectivity index (χ3v) is 9.20. The van der Waals surface area contributed by atoms with Gasteiger partial charge in [-0.25, -0.2) is 9.98 Å². The Hall–Kier alpha value is -5.11. The average molecular weight is 655 g/mol. The quantitative estimate of drug-likeness (QED) is 0.219. The van der Waals surface area contributed by atoms with Crippen LogP contribution < -0.4 is 27.0 Å². The number of piperazine rings is 1. The maximum atomic E-state index is 13.9. The lowest BCUT2D eigenvalue weighted by atomic mass is 9.85. The van der Waals surface area contributed by atoms with Crippen LogP contribution in [0.1, 0.15) is 37.9 Å².